The van der Waals surface area contributed by atoms with Crippen molar-refractivity contribution in [2.45, 2.75) is 13.1 Å². The summed E-state index contributed by atoms with van der Waals surface area (Å²) in [5, 5.41) is 0. The summed E-state index contributed by atoms with van der Waals surface area (Å²) in [5.74, 6) is 1.29. The Morgan fingerprint density at radius 1 is 0.966 bits per heavy atom. The van der Waals surface area contributed by atoms with Crippen molar-refractivity contribution >= 4 is 22.8 Å². The predicted octanol–water partition coefficient (Wildman–Crippen LogP) is 0.455. The van der Waals surface area contributed by atoms with E-state index in [4.69, 9.17) is 10.5 Å². The molecule has 0 aliphatic rings. The summed E-state index contributed by atoms with van der Waals surface area (Å²) in [6.07, 6.45) is 0. The van der Waals surface area contributed by atoms with Crippen molar-refractivity contribution in [3.63, 3.8) is 0 Å². The first-order chi connectivity index (χ1) is 13.7. The molecule has 0 saturated carbocycles. The lowest BCUT2D eigenvalue weighted by Gasteiger charge is -2.04. The molecular weight excluding hydrogens is 430 g/mol. The van der Waals surface area contributed by atoms with Crippen molar-refractivity contribution < 1.29 is 31.1 Å². The third kappa shape index (κ3) is 4.17. The van der Waals surface area contributed by atoms with Gasteiger partial charge in [-0.3, -0.25) is 10.5 Å². The smallest absolute Gasteiger partial charge is 0.356 e. The van der Waals surface area contributed by atoms with Gasteiger partial charge in [-0.15, -0.1) is 0 Å². The van der Waals surface area contributed by atoms with Crippen LogP contribution in [0.4, 0.5) is 5.95 Å². The zero-order valence-corrected chi connectivity index (χ0v) is 17.7. The van der Waals surface area contributed by atoms with Crippen molar-refractivity contribution in [2.75, 3.05) is 12.8 Å². The topological polar surface area (TPSA) is 61.1 Å². The molecule has 29 heavy (non-hydrogen) atoms. The fourth-order valence-corrected chi connectivity index (χ4v) is 3.42. The minimum absolute atomic E-state index is 0. The van der Waals surface area contributed by atoms with Gasteiger partial charge in [-0.25, -0.2) is 9.13 Å². The van der Waals surface area contributed by atoms with E-state index in [-0.39, 0.29) is 29.3 Å². The van der Waals surface area contributed by atoms with E-state index in [1.807, 2.05) is 51.6 Å². The van der Waals surface area contributed by atoms with E-state index in [0.29, 0.717) is 18.1 Å². The number of methoxy groups -OCH3 is 1. The highest BCUT2D eigenvalue weighted by molar-refractivity contribution is 5.97. The summed E-state index contributed by atoms with van der Waals surface area (Å²) >= 11 is 0. The van der Waals surface area contributed by atoms with Gasteiger partial charge in [0, 0.05) is 5.56 Å². The number of halogens is 1. The quantitative estimate of drug-likeness (QED) is 0.342. The fourth-order valence-electron chi connectivity index (χ4n) is 3.42. The second-order valence-corrected chi connectivity index (χ2v) is 6.66. The summed E-state index contributed by atoms with van der Waals surface area (Å²) in [6, 6.07) is 25.3. The van der Waals surface area contributed by atoms with Gasteiger partial charge in [-0.2, -0.15) is 0 Å². The van der Waals surface area contributed by atoms with Crippen LogP contribution in [0.25, 0.3) is 11.0 Å². The van der Waals surface area contributed by atoms with Crippen LogP contribution in [0, 0.1) is 0 Å². The second-order valence-electron chi connectivity index (χ2n) is 6.66. The van der Waals surface area contributed by atoms with E-state index >= 15 is 0 Å². The molecule has 0 aliphatic heterocycles. The van der Waals surface area contributed by atoms with Crippen molar-refractivity contribution in [1.29, 1.82) is 0 Å². The molecule has 3 aromatic carbocycles. The lowest BCUT2D eigenvalue weighted by atomic mass is 10.1. The number of ketones is 1. The molecule has 1 heterocycles. The molecule has 0 amide bonds. The molecule has 148 valence electrons. The van der Waals surface area contributed by atoms with Crippen molar-refractivity contribution in [3.05, 3.63) is 90.0 Å². The number of para-hydroxylation sites is 2. The highest BCUT2D eigenvalue weighted by Crippen LogP contribution is 2.19. The van der Waals surface area contributed by atoms with E-state index in [1.165, 1.54) is 0 Å². The number of imidazole rings is 1. The maximum Gasteiger partial charge on any atom is 0.356 e. The number of ether oxygens (including phenoxy) is 1. The standard InChI is InChI=1S/C23H21N3O2.BrH/c1-28-19-13-11-18(12-14-19)22(27)16-26-21-10-6-5-9-20(21)25(23(26)24)15-17-7-3-2-4-8-17;/h2-14,24H,15-16H2,1H3;1H. The van der Waals surface area contributed by atoms with E-state index in [9.17, 15) is 4.79 Å². The van der Waals surface area contributed by atoms with Crippen LogP contribution in [0.3, 0.4) is 0 Å². The number of nitrogens with two attached hydrogens (primary N) is 1. The minimum atomic E-state index is 0. The van der Waals surface area contributed by atoms with Gasteiger partial charge in [0.25, 0.3) is 0 Å². The van der Waals surface area contributed by atoms with E-state index in [0.717, 1.165) is 22.3 Å². The van der Waals surface area contributed by atoms with Crippen LogP contribution in [0.2, 0.25) is 0 Å². The number of rotatable bonds is 6. The van der Waals surface area contributed by atoms with Crippen LogP contribution in [-0.2, 0) is 13.1 Å². The van der Waals surface area contributed by atoms with Crippen LogP contribution in [0.5, 0.6) is 5.75 Å². The first-order valence-electron chi connectivity index (χ1n) is 9.15. The number of aromatic nitrogens is 2. The van der Waals surface area contributed by atoms with Gasteiger partial charge in [0.05, 0.1) is 13.7 Å². The molecule has 4 aromatic rings. The molecule has 0 radical (unpaired) electrons. The molecule has 0 aliphatic carbocycles. The molecule has 0 unspecified atom stereocenters. The molecule has 5 nitrogen and oxygen atoms in total. The van der Waals surface area contributed by atoms with E-state index in [2.05, 4.69) is 12.1 Å². The van der Waals surface area contributed by atoms with Gasteiger partial charge in [-0.05, 0) is 42.0 Å². The molecule has 6 heteroatoms. The molecule has 0 fully saturated rings. The maximum absolute atomic E-state index is 12.9. The van der Waals surface area contributed by atoms with Crippen LogP contribution in [-0.4, -0.2) is 17.5 Å². The number of Topliss-reactive ketones (excluding diaryl/α,β-unsaturated/α-hetero) is 1. The van der Waals surface area contributed by atoms with E-state index in [1.54, 1.807) is 31.4 Å². The van der Waals surface area contributed by atoms with Crippen LogP contribution in [0.15, 0.2) is 78.9 Å². The molecule has 0 atom stereocenters. The van der Waals surface area contributed by atoms with Crippen LogP contribution < -0.4 is 32.0 Å². The Morgan fingerprint density at radius 2 is 1.62 bits per heavy atom. The average Bonchev–Trinajstić information content (AvgIpc) is 3.00. The zero-order valence-electron chi connectivity index (χ0n) is 16.1. The average molecular weight is 452 g/mol. The normalized spacial score (nSPS) is 10.5. The third-order valence-electron chi connectivity index (χ3n) is 4.91. The molecule has 1 aromatic heterocycles. The summed E-state index contributed by atoms with van der Waals surface area (Å²) in [7, 11) is 1.61. The summed E-state index contributed by atoms with van der Waals surface area (Å²) in [4.78, 5) is 12.9. The van der Waals surface area contributed by atoms with Crippen molar-refractivity contribution in [1.82, 2.24) is 4.57 Å². The molecule has 2 N–H and O–H groups in total. The highest BCUT2D eigenvalue weighted by atomic mass is 79.9. The van der Waals surface area contributed by atoms with Crippen molar-refractivity contribution in [3.8, 4) is 5.75 Å². The second kappa shape index (κ2) is 8.92. The van der Waals surface area contributed by atoms with Crippen LogP contribution >= 0.6 is 0 Å². The number of nitrogens with zero attached hydrogens (tertiary/aromatic N) is 2. The molecule has 0 saturated heterocycles. The first kappa shape index (κ1) is 20.6. The highest BCUT2D eigenvalue weighted by Gasteiger charge is 2.23. The SMILES string of the molecule is COc1ccc(C(=O)Cn2c(N)[n+](Cc3ccccc3)c3ccccc32)cc1.[Br-]. The zero-order chi connectivity index (χ0) is 19.5. The summed E-state index contributed by atoms with van der Waals surface area (Å²) < 4.78 is 9.09. The van der Waals surface area contributed by atoms with Gasteiger partial charge < -0.3 is 21.7 Å². The Labute approximate surface area is 180 Å². The Hall–Kier alpha value is -3.12. The molecular formula is C23H22BrN3O2. The maximum atomic E-state index is 12.9. The first-order valence-corrected chi connectivity index (χ1v) is 9.15. The summed E-state index contributed by atoms with van der Waals surface area (Å²) in [6.45, 7) is 0.831. The minimum Gasteiger partial charge on any atom is -1.00 e. The Bertz CT molecular complexity index is 1120. The van der Waals surface area contributed by atoms with Crippen molar-refractivity contribution in [2.24, 2.45) is 0 Å². The van der Waals surface area contributed by atoms with Gasteiger partial charge in [0.15, 0.2) is 5.78 Å². The monoisotopic (exact) mass is 451 g/mol. The number of carbonyl (C=O) groups is 1. The number of carbonyl (C=O) groups excluding carboxylic acids is 1. The van der Waals surface area contributed by atoms with Gasteiger partial charge in [-0.1, -0.05) is 42.5 Å². The van der Waals surface area contributed by atoms with E-state index < -0.39 is 0 Å². The Kier molecular flexibility index (Phi) is 6.34. The predicted molar refractivity (Wildman–Crippen MR) is 109 cm³/mol. The van der Waals surface area contributed by atoms with Gasteiger partial charge in [0.1, 0.15) is 23.3 Å². The number of nitrogen functional groups attached to an aromatic ring is 1. The number of anilines is 1. The van der Waals surface area contributed by atoms with Gasteiger partial charge in [0.2, 0.25) is 0 Å². The molecule has 4 rings (SSSR count). The lowest BCUT2D eigenvalue weighted by molar-refractivity contribution is -0.648. The lowest BCUT2D eigenvalue weighted by Crippen LogP contribution is -3.00. The number of hydrogen-bond donors (Lipinski definition) is 1. The Morgan fingerprint density at radius 3 is 2.31 bits per heavy atom. The molecule has 0 spiro atoms. The fraction of sp³-hybridized carbons (Fsp3) is 0.130. The Balaban J connectivity index is 0.00000240. The number of hydrogen-bond acceptors (Lipinski definition) is 3. The number of benzene rings is 3. The number of fused-ring (bicyclic) bond motifs is 1. The van der Waals surface area contributed by atoms with Crippen LogP contribution in [0.1, 0.15) is 15.9 Å². The third-order valence-corrected chi connectivity index (χ3v) is 4.91. The van der Waals surface area contributed by atoms with Gasteiger partial charge >= 0.3 is 5.95 Å². The summed E-state index contributed by atoms with van der Waals surface area (Å²) in [5.41, 5.74) is 10.2. The largest absolute Gasteiger partial charge is 1.00 e. The molecule has 0 bridgehead atoms.